The van der Waals surface area contributed by atoms with Crippen LogP contribution in [0.15, 0.2) is 0 Å². The van der Waals surface area contributed by atoms with Crippen LogP contribution >= 0.6 is 0 Å². The van der Waals surface area contributed by atoms with Crippen molar-refractivity contribution in [3.8, 4) is 0 Å². The minimum absolute atomic E-state index is 0. The molecule has 0 radical (unpaired) electrons. The zero-order chi connectivity index (χ0) is 4.50. The molecule has 0 rings (SSSR count). The van der Waals surface area contributed by atoms with Crippen LogP contribution in [-0.2, 0) is 10.4 Å². The van der Waals surface area contributed by atoms with Gasteiger partial charge < -0.3 is 0 Å². The molecule has 6 heavy (non-hydrogen) atoms. The fraction of sp³-hybridized carbons (Fsp3) is 0. The molecule has 0 saturated carbocycles. The molecule has 0 spiro atoms. The van der Waals surface area contributed by atoms with Crippen LogP contribution in [0.5, 0.6) is 0 Å². The topological polar surface area (TPSA) is 74.6 Å². The number of hydrogen-bond acceptors (Lipinski definition) is 2. The normalized spacial score (nSPS) is 9.67. The van der Waals surface area contributed by atoms with Crippen LogP contribution in [0.3, 0.4) is 0 Å². The maximum absolute atomic E-state index is 8.74. The van der Waals surface area contributed by atoms with Crippen LogP contribution in [-0.4, -0.2) is 17.5 Å². The molecular formula is H2O4SSm. The molecule has 0 aliphatic carbocycles. The van der Waals surface area contributed by atoms with Gasteiger partial charge in [-0.3, -0.25) is 9.11 Å². The molecule has 0 fully saturated rings. The summed E-state index contributed by atoms with van der Waals surface area (Å²) in [5.74, 6) is 0. The maximum atomic E-state index is 8.74. The zero-order valence-electron chi connectivity index (χ0n) is 2.53. The summed E-state index contributed by atoms with van der Waals surface area (Å²) in [4.78, 5) is 0. The van der Waals surface area contributed by atoms with Crippen molar-refractivity contribution in [2.75, 3.05) is 0 Å². The van der Waals surface area contributed by atoms with Crippen molar-refractivity contribution in [1.29, 1.82) is 0 Å². The first kappa shape index (κ1) is 10.2. The molecule has 0 aromatic heterocycles. The maximum Gasteiger partial charge on any atom is 0.394 e. The Bertz CT molecular complexity index is 90.7. The summed E-state index contributed by atoms with van der Waals surface area (Å²) in [6.45, 7) is 0. The second kappa shape index (κ2) is 3.24. The standard InChI is InChI=1S/H2O4S.Sm/c1-5(2,3)4;/h(H2,1,2,3,4);. The predicted octanol–water partition coefficient (Wildman–Crippen LogP) is -0.653. The Morgan fingerprint density at radius 2 is 1.17 bits per heavy atom. The van der Waals surface area contributed by atoms with E-state index in [1.54, 1.807) is 0 Å². The summed E-state index contributed by atoms with van der Waals surface area (Å²) in [6, 6.07) is 0. The second-order valence-corrected chi connectivity index (χ2v) is 1.34. The van der Waals surface area contributed by atoms with Crippen LogP contribution in [0.4, 0.5) is 0 Å². The van der Waals surface area contributed by atoms with Gasteiger partial charge in [-0.05, 0) is 0 Å². The van der Waals surface area contributed by atoms with E-state index in [1.165, 1.54) is 0 Å². The van der Waals surface area contributed by atoms with Gasteiger partial charge in [-0.15, -0.1) is 0 Å². The molecule has 0 atom stereocenters. The van der Waals surface area contributed by atoms with E-state index in [0.29, 0.717) is 0 Å². The Morgan fingerprint density at radius 3 is 1.17 bits per heavy atom. The van der Waals surface area contributed by atoms with Crippen LogP contribution < -0.4 is 0 Å². The third-order valence-corrected chi connectivity index (χ3v) is 0. The summed E-state index contributed by atoms with van der Waals surface area (Å²) in [5, 5.41) is 0. The van der Waals surface area contributed by atoms with Crippen molar-refractivity contribution in [1.82, 2.24) is 0 Å². The fourth-order valence-electron chi connectivity index (χ4n) is 0. The molecule has 2 N–H and O–H groups in total. The first-order valence-electron chi connectivity index (χ1n) is 0.698. The van der Waals surface area contributed by atoms with Gasteiger partial charge in [0.1, 0.15) is 0 Å². The first-order valence-corrected chi connectivity index (χ1v) is 2.10. The fourth-order valence-corrected chi connectivity index (χ4v) is 0. The van der Waals surface area contributed by atoms with E-state index in [0.717, 1.165) is 0 Å². The third kappa shape index (κ3) is 63.2. The van der Waals surface area contributed by atoms with Crippen LogP contribution in [0.1, 0.15) is 0 Å². The second-order valence-electron chi connectivity index (χ2n) is 0.448. The molecule has 0 heterocycles. The number of rotatable bonds is 0. The van der Waals surface area contributed by atoms with Gasteiger partial charge in [0.2, 0.25) is 0 Å². The van der Waals surface area contributed by atoms with Gasteiger partial charge in [0.25, 0.3) is 0 Å². The SMILES string of the molecule is O=S(=O)(O)O.[Sm]. The molecule has 0 saturated heterocycles. The van der Waals surface area contributed by atoms with Gasteiger partial charge in [-0.2, -0.15) is 8.42 Å². The minimum Gasteiger partial charge on any atom is -0.264 e. The molecular weight excluding hydrogens is 246 g/mol. The average molecular weight is 248 g/mol. The first-order chi connectivity index (χ1) is 2.00. The molecule has 0 unspecified atom stereocenters. The Morgan fingerprint density at radius 1 is 1.17 bits per heavy atom. The molecule has 38 valence electrons. The van der Waals surface area contributed by atoms with Crippen LogP contribution in [0, 0.1) is 40.4 Å². The van der Waals surface area contributed by atoms with E-state index >= 15 is 0 Å². The van der Waals surface area contributed by atoms with Crippen molar-refractivity contribution >= 4 is 10.4 Å². The molecule has 0 amide bonds. The molecule has 0 aliphatic heterocycles. The molecule has 0 aromatic rings. The average Bonchev–Trinajstić information content (AvgIpc) is 0.722. The van der Waals surface area contributed by atoms with Gasteiger partial charge >= 0.3 is 10.4 Å². The monoisotopic (exact) mass is 250 g/mol. The van der Waals surface area contributed by atoms with Gasteiger partial charge in [0.15, 0.2) is 0 Å². The van der Waals surface area contributed by atoms with Crippen LogP contribution in [0.25, 0.3) is 0 Å². The summed E-state index contributed by atoms with van der Waals surface area (Å²) in [5.41, 5.74) is 0. The van der Waals surface area contributed by atoms with Crippen molar-refractivity contribution in [3.05, 3.63) is 0 Å². The van der Waals surface area contributed by atoms with Gasteiger partial charge in [0, 0.05) is 40.4 Å². The van der Waals surface area contributed by atoms with E-state index in [9.17, 15) is 0 Å². The molecule has 0 aromatic carbocycles. The Balaban J connectivity index is 0. The summed E-state index contributed by atoms with van der Waals surface area (Å²) < 4.78 is 31.6. The Hall–Kier alpha value is 1.21. The number of hydrogen-bond donors (Lipinski definition) is 2. The van der Waals surface area contributed by atoms with Crippen molar-refractivity contribution in [2.45, 2.75) is 0 Å². The summed E-state index contributed by atoms with van der Waals surface area (Å²) in [6.07, 6.45) is 0. The molecule has 4 nitrogen and oxygen atoms in total. The van der Waals surface area contributed by atoms with E-state index < -0.39 is 10.4 Å². The Labute approximate surface area is 67.6 Å². The Kier molecular flexibility index (Phi) is 5.53. The van der Waals surface area contributed by atoms with Gasteiger partial charge in [-0.1, -0.05) is 0 Å². The quantitative estimate of drug-likeness (QED) is 0.559. The van der Waals surface area contributed by atoms with Gasteiger partial charge in [0.05, 0.1) is 0 Å². The smallest absolute Gasteiger partial charge is 0.264 e. The largest absolute Gasteiger partial charge is 0.394 e. The van der Waals surface area contributed by atoms with E-state index in [-0.39, 0.29) is 40.4 Å². The summed E-state index contributed by atoms with van der Waals surface area (Å²) in [7, 11) is -4.67. The van der Waals surface area contributed by atoms with E-state index in [1.807, 2.05) is 0 Å². The zero-order valence-corrected chi connectivity index (χ0v) is 5.96. The van der Waals surface area contributed by atoms with E-state index in [4.69, 9.17) is 17.5 Å². The molecule has 0 aliphatic rings. The van der Waals surface area contributed by atoms with E-state index in [2.05, 4.69) is 0 Å². The molecule has 0 bridgehead atoms. The third-order valence-electron chi connectivity index (χ3n) is 0. The van der Waals surface area contributed by atoms with Crippen LogP contribution in [0.2, 0.25) is 0 Å². The summed E-state index contributed by atoms with van der Waals surface area (Å²) >= 11 is 0. The van der Waals surface area contributed by atoms with Gasteiger partial charge in [-0.25, -0.2) is 0 Å². The minimum atomic E-state index is -4.67. The predicted molar refractivity (Wildman–Crippen MR) is 14.2 cm³/mol. The van der Waals surface area contributed by atoms with Crippen molar-refractivity contribution < 1.29 is 57.9 Å². The molecule has 6 heteroatoms. The van der Waals surface area contributed by atoms with Crippen molar-refractivity contribution in [3.63, 3.8) is 0 Å². The van der Waals surface area contributed by atoms with Crippen molar-refractivity contribution in [2.24, 2.45) is 0 Å².